The van der Waals surface area contributed by atoms with Gasteiger partial charge in [0.25, 0.3) is 0 Å². The molecule has 1 N–H and O–H groups in total. The summed E-state index contributed by atoms with van der Waals surface area (Å²) in [5.41, 5.74) is 1.21. The minimum absolute atomic E-state index is 0.729. The maximum absolute atomic E-state index is 5.16. The summed E-state index contributed by atoms with van der Waals surface area (Å²) in [6, 6.07) is 6.01. The third kappa shape index (κ3) is 2.57. The van der Waals surface area contributed by atoms with Gasteiger partial charge in [-0.15, -0.1) is 10.2 Å². The molecule has 0 amide bonds. The Bertz CT molecular complexity index is 458. The second kappa shape index (κ2) is 5.07. The summed E-state index contributed by atoms with van der Waals surface area (Å²) in [4.78, 5) is 0. The van der Waals surface area contributed by atoms with Crippen molar-refractivity contribution in [3.8, 4) is 5.75 Å². The van der Waals surface area contributed by atoms with Crippen LogP contribution >= 0.6 is 15.9 Å². The lowest BCUT2D eigenvalue weighted by Gasteiger charge is -2.05. The number of nitrogens with one attached hydrogen (secondary N) is 1. The molecule has 0 aliphatic heterocycles. The number of aromatic amines is 1. The van der Waals surface area contributed by atoms with Crippen molar-refractivity contribution < 1.29 is 4.74 Å². The van der Waals surface area contributed by atoms with Gasteiger partial charge in [0.1, 0.15) is 5.75 Å². The zero-order valence-electron chi connectivity index (χ0n) is 8.77. The zero-order valence-corrected chi connectivity index (χ0v) is 10.4. The van der Waals surface area contributed by atoms with Crippen molar-refractivity contribution in [3.05, 3.63) is 34.1 Å². The van der Waals surface area contributed by atoms with Gasteiger partial charge in [0.05, 0.1) is 11.6 Å². The fourth-order valence-corrected chi connectivity index (χ4v) is 2.00. The second-order valence-corrected chi connectivity index (χ2v) is 4.15. The summed E-state index contributed by atoms with van der Waals surface area (Å²) in [5.74, 6) is 1.57. The number of aromatic nitrogens is 4. The van der Waals surface area contributed by atoms with Gasteiger partial charge in [-0.05, 0) is 40.0 Å². The van der Waals surface area contributed by atoms with E-state index in [-0.39, 0.29) is 0 Å². The number of tetrazole rings is 1. The number of benzene rings is 1. The Hall–Kier alpha value is -1.43. The van der Waals surface area contributed by atoms with E-state index in [2.05, 4.69) is 36.6 Å². The van der Waals surface area contributed by atoms with Crippen LogP contribution in [0.3, 0.4) is 0 Å². The van der Waals surface area contributed by atoms with Crippen LogP contribution < -0.4 is 4.74 Å². The fourth-order valence-electron chi connectivity index (χ4n) is 1.41. The molecule has 0 aliphatic rings. The first-order chi connectivity index (χ1) is 7.79. The van der Waals surface area contributed by atoms with Crippen LogP contribution in [0.1, 0.15) is 11.4 Å². The molecular weight excluding hydrogens is 272 g/mol. The molecule has 0 atom stereocenters. The Morgan fingerprint density at radius 2 is 2.25 bits per heavy atom. The Labute approximate surface area is 101 Å². The molecule has 16 heavy (non-hydrogen) atoms. The molecule has 84 valence electrons. The lowest BCUT2D eigenvalue weighted by molar-refractivity contribution is 0.412. The van der Waals surface area contributed by atoms with E-state index in [0.717, 1.165) is 28.9 Å². The lowest BCUT2D eigenvalue weighted by atomic mass is 10.1. The smallest absolute Gasteiger partial charge is 0.174 e. The van der Waals surface area contributed by atoms with Gasteiger partial charge in [-0.25, -0.2) is 0 Å². The monoisotopic (exact) mass is 282 g/mol. The van der Waals surface area contributed by atoms with Gasteiger partial charge >= 0.3 is 0 Å². The molecule has 1 aromatic carbocycles. The maximum Gasteiger partial charge on any atom is 0.174 e. The van der Waals surface area contributed by atoms with Gasteiger partial charge in [-0.2, -0.15) is 5.21 Å². The lowest BCUT2D eigenvalue weighted by Crippen LogP contribution is -1.94. The highest BCUT2D eigenvalue weighted by Crippen LogP contribution is 2.25. The van der Waals surface area contributed by atoms with E-state index in [9.17, 15) is 0 Å². The Kier molecular flexibility index (Phi) is 3.51. The van der Waals surface area contributed by atoms with E-state index in [1.165, 1.54) is 5.56 Å². The van der Waals surface area contributed by atoms with E-state index < -0.39 is 0 Å². The molecule has 0 saturated carbocycles. The standard InChI is InChI=1S/C10H11BrN4O/c1-16-9-4-2-7(6-8(9)11)3-5-10-12-14-15-13-10/h2,4,6H,3,5H2,1H3,(H,12,13,14,15). The van der Waals surface area contributed by atoms with Gasteiger partial charge in [0.15, 0.2) is 5.82 Å². The molecule has 0 radical (unpaired) electrons. The molecule has 6 heteroatoms. The first-order valence-electron chi connectivity index (χ1n) is 4.84. The van der Waals surface area contributed by atoms with Crippen LogP contribution in [-0.4, -0.2) is 27.7 Å². The van der Waals surface area contributed by atoms with Gasteiger partial charge < -0.3 is 4.74 Å². The molecule has 2 rings (SSSR count). The molecular formula is C10H11BrN4O. The number of rotatable bonds is 4. The molecule has 0 spiro atoms. The van der Waals surface area contributed by atoms with E-state index in [4.69, 9.17) is 4.74 Å². The molecule has 1 aromatic heterocycles. The minimum Gasteiger partial charge on any atom is -0.496 e. The first-order valence-corrected chi connectivity index (χ1v) is 5.63. The highest BCUT2D eigenvalue weighted by atomic mass is 79.9. The van der Waals surface area contributed by atoms with Crippen molar-refractivity contribution in [2.24, 2.45) is 0 Å². The van der Waals surface area contributed by atoms with E-state index >= 15 is 0 Å². The highest BCUT2D eigenvalue weighted by Gasteiger charge is 2.03. The summed E-state index contributed by atoms with van der Waals surface area (Å²) in [5, 5.41) is 13.8. The van der Waals surface area contributed by atoms with Crippen LogP contribution in [0.2, 0.25) is 0 Å². The van der Waals surface area contributed by atoms with E-state index in [1.54, 1.807) is 7.11 Å². The van der Waals surface area contributed by atoms with Crippen LogP contribution in [0.4, 0.5) is 0 Å². The van der Waals surface area contributed by atoms with Gasteiger partial charge in [-0.3, -0.25) is 0 Å². The fraction of sp³-hybridized carbons (Fsp3) is 0.300. The number of hydrogen-bond acceptors (Lipinski definition) is 4. The number of halogens is 1. The number of nitrogens with zero attached hydrogens (tertiary/aromatic N) is 3. The maximum atomic E-state index is 5.16. The minimum atomic E-state index is 0.729. The Balaban J connectivity index is 2.02. The summed E-state index contributed by atoms with van der Waals surface area (Å²) in [6.45, 7) is 0. The third-order valence-electron chi connectivity index (χ3n) is 2.24. The van der Waals surface area contributed by atoms with Crippen LogP contribution in [0.25, 0.3) is 0 Å². The van der Waals surface area contributed by atoms with Gasteiger partial charge in [-0.1, -0.05) is 11.3 Å². The third-order valence-corrected chi connectivity index (χ3v) is 2.86. The highest BCUT2D eigenvalue weighted by molar-refractivity contribution is 9.10. The molecule has 2 aromatic rings. The SMILES string of the molecule is COc1ccc(CCc2nn[nH]n2)cc1Br. The average molecular weight is 283 g/mol. The van der Waals surface area contributed by atoms with Gasteiger partial charge in [0, 0.05) is 6.42 Å². The summed E-state index contributed by atoms with van der Waals surface area (Å²) < 4.78 is 6.12. The normalized spacial score (nSPS) is 10.4. The summed E-state index contributed by atoms with van der Waals surface area (Å²) >= 11 is 3.45. The van der Waals surface area contributed by atoms with Crippen molar-refractivity contribution in [3.63, 3.8) is 0 Å². The molecule has 0 bridgehead atoms. The average Bonchev–Trinajstić information content (AvgIpc) is 2.79. The molecule has 1 heterocycles. The Morgan fingerprint density at radius 3 is 2.88 bits per heavy atom. The second-order valence-electron chi connectivity index (χ2n) is 3.30. The number of aryl methyl sites for hydroxylation is 2. The molecule has 0 fully saturated rings. The van der Waals surface area contributed by atoms with E-state index in [0.29, 0.717) is 0 Å². The first kappa shape index (κ1) is 11.1. The molecule has 0 saturated heterocycles. The number of hydrogen-bond donors (Lipinski definition) is 1. The predicted octanol–water partition coefficient (Wildman–Crippen LogP) is 1.76. The van der Waals surface area contributed by atoms with Crippen LogP contribution in [0.15, 0.2) is 22.7 Å². The largest absolute Gasteiger partial charge is 0.496 e. The van der Waals surface area contributed by atoms with Crippen LogP contribution in [0.5, 0.6) is 5.75 Å². The van der Waals surface area contributed by atoms with Crippen molar-refractivity contribution >= 4 is 15.9 Å². The number of methoxy groups -OCH3 is 1. The van der Waals surface area contributed by atoms with Crippen LogP contribution in [-0.2, 0) is 12.8 Å². The summed E-state index contributed by atoms with van der Waals surface area (Å²) in [6.07, 6.45) is 1.65. The zero-order chi connectivity index (χ0) is 11.4. The van der Waals surface area contributed by atoms with Crippen molar-refractivity contribution in [1.29, 1.82) is 0 Å². The van der Waals surface area contributed by atoms with Gasteiger partial charge in [0.2, 0.25) is 0 Å². The van der Waals surface area contributed by atoms with E-state index in [1.807, 2.05) is 18.2 Å². The number of ether oxygens (including phenoxy) is 1. The number of H-pyrrole nitrogens is 1. The summed E-state index contributed by atoms with van der Waals surface area (Å²) in [7, 11) is 1.65. The van der Waals surface area contributed by atoms with Crippen molar-refractivity contribution in [1.82, 2.24) is 20.6 Å². The molecule has 0 unspecified atom stereocenters. The van der Waals surface area contributed by atoms with Crippen molar-refractivity contribution in [2.45, 2.75) is 12.8 Å². The quantitative estimate of drug-likeness (QED) is 0.928. The van der Waals surface area contributed by atoms with Crippen LogP contribution in [0, 0.1) is 0 Å². The predicted molar refractivity (Wildman–Crippen MR) is 62.3 cm³/mol. The Morgan fingerprint density at radius 1 is 1.38 bits per heavy atom. The topological polar surface area (TPSA) is 63.7 Å². The molecule has 0 aliphatic carbocycles. The van der Waals surface area contributed by atoms with Crippen molar-refractivity contribution in [2.75, 3.05) is 7.11 Å². The molecule has 5 nitrogen and oxygen atoms in total.